The fraction of sp³-hybridized carbons (Fsp3) is 0.429. The second-order valence-corrected chi connectivity index (χ2v) is 25.0. The van der Waals surface area contributed by atoms with E-state index < -0.39 is 48.4 Å². The van der Waals surface area contributed by atoms with Crippen molar-refractivity contribution in [2.75, 3.05) is 11.4 Å². The van der Waals surface area contributed by atoms with Crippen molar-refractivity contribution in [2.24, 2.45) is 11.8 Å². The largest absolute Gasteiger partial charge is 0.457 e. The molecule has 0 aromatic heterocycles. The Labute approximate surface area is 375 Å². The lowest BCUT2D eigenvalue weighted by molar-refractivity contribution is -0.131. The van der Waals surface area contributed by atoms with Gasteiger partial charge in [0.1, 0.15) is 12.6 Å². The van der Waals surface area contributed by atoms with Crippen molar-refractivity contribution in [3.05, 3.63) is 137 Å². The topological polar surface area (TPSA) is 160 Å². The molecule has 0 fully saturated rings. The van der Waals surface area contributed by atoms with Crippen LogP contribution in [0.2, 0.25) is 18.1 Å². The van der Waals surface area contributed by atoms with Gasteiger partial charge in [0.15, 0.2) is 8.32 Å². The van der Waals surface area contributed by atoms with Crippen LogP contribution in [-0.4, -0.2) is 65.7 Å². The van der Waals surface area contributed by atoms with Gasteiger partial charge < -0.3 is 25.1 Å². The van der Waals surface area contributed by atoms with E-state index in [0.717, 1.165) is 11.1 Å². The van der Waals surface area contributed by atoms with Crippen LogP contribution in [0, 0.1) is 11.8 Å². The van der Waals surface area contributed by atoms with Crippen molar-refractivity contribution >= 4 is 47.7 Å². The van der Waals surface area contributed by atoms with Gasteiger partial charge in [-0.05, 0) is 90.8 Å². The first-order valence-corrected chi connectivity index (χ1v) is 26.1. The fourth-order valence-electron chi connectivity index (χ4n) is 6.58. The summed E-state index contributed by atoms with van der Waals surface area (Å²) in [5.41, 5.74) is 3.35. The maximum absolute atomic E-state index is 14.1. The summed E-state index contributed by atoms with van der Waals surface area (Å²) in [4.78, 5) is 53.5. The normalized spacial score (nSPS) is 13.9. The number of amides is 3. The van der Waals surface area contributed by atoms with Crippen LogP contribution in [-0.2, 0) is 47.7 Å². The van der Waals surface area contributed by atoms with Crippen molar-refractivity contribution in [3.8, 4) is 0 Å². The molecule has 0 aliphatic rings. The number of ether oxygens (including phenoxy) is 1. The number of anilines is 1. The molecular formula is C49H66N4O8SSi. The molecule has 3 N–H and O–H groups in total. The number of hydrogen-bond donors (Lipinski definition) is 3. The minimum absolute atomic E-state index is 0.152. The van der Waals surface area contributed by atoms with Crippen LogP contribution in [0.25, 0.3) is 0 Å². The highest BCUT2D eigenvalue weighted by molar-refractivity contribution is 7.92. The molecule has 0 heterocycles. The molecule has 0 saturated carbocycles. The summed E-state index contributed by atoms with van der Waals surface area (Å²) < 4.78 is 40.4. The molecule has 0 unspecified atom stereocenters. The summed E-state index contributed by atoms with van der Waals surface area (Å²) >= 11 is 0. The van der Waals surface area contributed by atoms with Crippen molar-refractivity contribution in [1.29, 1.82) is 0 Å². The minimum Gasteiger partial charge on any atom is -0.457 e. The SMILES string of the molecule is CC(C)C[C@H](NC(=O)c1cccc(N(C)S(=O)(=O)Cc2ccccc2)c1)[C@H](C[C@@H](C)C(=O)N[C@@H](C)C(=O)NCc1ccc(C(=O)OCc2ccccc2)cc1)O[Si](C)(C)C(C)(C)C. The Morgan fingerprint density at radius 1 is 0.714 bits per heavy atom. The number of hydrogen-bond acceptors (Lipinski definition) is 8. The smallest absolute Gasteiger partial charge is 0.338 e. The highest BCUT2D eigenvalue weighted by atomic mass is 32.2. The third-order valence-corrected chi connectivity index (χ3v) is 17.7. The summed E-state index contributed by atoms with van der Waals surface area (Å²) in [6.45, 7) is 18.5. The summed E-state index contributed by atoms with van der Waals surface area (Å²) in [5.74, 6) is -2.17. The molecule has 63 heavy (non-hydrogen) atoms. The number of carbonyl (C=O) groups is 4. The van der Waals surface area contributed by atoms with Gasteiger partial charge in [-0.3, -0.25) is 18.7 Å². The zero-order valence-electron chi connectivity index (χ0n) is 38.4. The van der Waals surface area contributed by atoms with Crippen LogP contribution in [0.4, 0.5) is 5.69 Å². The van der Waals surface area contributed by atoms with E-state index in [1.54, 1.807) is 86.6 Å². The average Bonchev–Trinajstić information content (AvgIpc) is 3.24. The number of carbonyl (C=O) groups excluding carboxylic acids is 4. The number of sulfonamides is 1. The highest BCUT2D eigenvalue weighted by Crippen LogP contribution is 2.39. The lowest BCUT2D eigenvalue weighted by Crippen LogP contribution is -2.53. The quantitative estimate of drug-likeness (QED) is 0.0556. The average molecular weight is 899 g/mol. The Bertz CT molecular complexity index is 2250. The summed E-state index contributed by atoms with van der Waals surface area (Å²) in [7, 11) is -4.73. The van der Waals surface area contributed by atoms with E-state index in [9.17, 15) is 27.6 Å². The van der Waals surface area contributed by atoms with Crippen LogP contribution < -0.4 is 20.3 Å². The van der Waals surface area contributed by atoms with Crippen molar-refractivity contribution in [2.45, 2.75) is 117 Å². The van der Waals surface area contributed by atoms with Crippen molar-refractivity contribution < 1.29 is 36.8 Å². The third-order valence-electron chi connectivity index (χ3n) is 11.5. The van der Waals surface area contributed by atoms with Crippen LogP contribution in [0.5, 0.6) is 0 Å². The van der Waals surface area contributed by atoms with Crippen LogP contribution >= 0.6 is 0 Å². The second-order valence-electron chi connectivity index (χ2n) is 18.2. The lowest BCUT2D eigenvalue weighted by Gasteiger charge is -2.42. The molecule has 4 rings (SSSR count). The molecule has 0 spiro atoms. The first-order chi connectivity index (χ1) is 29.6. The maximum atomic E-state index is 14.1. The molecule has 0 saturated heterocycles. The molecule has 340 valence electrons. The summed E-state index contributed by atoms with van der Waals surface area (Å²) in [6.07, 6.45) is 0.266. The lowest BCUT2D eigenvalue weighted by atomic mass is 9.92. The van der Waals surface area contributed by atoms with Gasteiger partial charge in [0.25, 0.3) is 5.91 Å². The molecule has 4 atom stereocenters. The van der Waals surface area contributed by atoms with Crippen LogP contribution in [0.15, 0.2) is 109 Å². The van der Waals surface area contributed by atoms with Gasteiger partial charge >= 0.3 is 5.97 Å². The van der Waals surface area contributed by atoms with Crippen LogP contribution in [0.3, 0.4) is 0 Å². The molecule has 3 amide bonds. The number of esters is 1. The molecule has 4 aromatic rings. The van der Waals surface area contributed by atoms with E-state index in [-0.39, 0.29) is 59.6 Å². The van der Waals surface area contributed by atoms with E-state index >= 15 is 0 Å². The van der Waals surface area contributed by atoms with Crippen molar-refractivity contribution in [3.63, 3.8) is 0 Å². The standard InChI is InChI=1S/C49H66N4O8SSi/c1-34(2)28-43(52-47(56)41-22-17-23-42(30-41)53(8)62(58,59)33-39-20-15-12-16-21-39)44(61-63(9,10)49(5,6)7)29-35(3)45(54)51-36(4)46(55)50-31-37-24-26-40(27-25-37)48(57)60-32-38-18-13-11-14-19-38/h11-27,30,34-36,43-44H,28-29,31-33H2,1-10H3,(H,50,55)(H,51,54)(H,52,56)/t35-,36+,43+,44+/m1/s1. The van der Waals surface area contributed by atoms with Crippen molar-refractivity contribution in [1.82, 2.24) is 16.0 Å². The molecule has 14 heteroatoms. The number of nitrogens with zero attached hydrogens (tertiary/aromatic N) is 1. The van der Waals surface area contributed by atoms with Gasteiger partial charge in [-0.25, -0.2) is 13.2 Å². The molecule has 12 nitrogen and oxygen atoms in total. The predicted octanol–water partition coefficient (Wildman–Crippen LogP) is 8.39. The molecular weight excluding hydrogens is 833 g/mol. The van der Waals surface area contributed by atoms with E-state index in [1.165, 1.54) is 11.4 Å². The zero-order valence-corrected chi connectivity index (χ0v) is 40.3. The van der Waals surface area contributed by atoms with Gasteiger partial charge in [0.2, 0.25) is 21.8 Å². The summed E-state index contributed by atoms with van der Waals surface area (Å²) in [5, 5.41) is 8.76. The maximum Gasteiger partial charge on any atom is 0.338 e. The van der Waals surface area contributed by atoms with Gasteiger partial charge in [-0.1, -0.05) is 120 Å². The third kappa shape index (κ3) is 15.2. The molecule has 0 aliphatic carbocycles. The highest BCUT2D eigenvalue weighted by Gasteiger charge is 2.42. The number of rotatable bonds is 21. The predicted molar refractivity (Wildman–Crippen MR) is 252 cm³/mol. The Hall–Kier alpha value is -5.31. The van der Waals surface area contributed by atoms with E-state index in [2.05, 4.69) is 63.7 Å². The molecule has 4 aromatic carbocycles. The monoisotopic (exact) mass is 898 g/mol. The first kappa shape index (κ1) is 50.3. The summed E-state index contributed by atoms with van der Waals surface area (Å²) in [6, 6.07) is 30.3. The van der Waals surface area contributed by atoms with Gasteiger partial charge in [0, 0.05) is 25.1 Å². The van der Waals surface area contributed by atoms with Gasteiger partial charge in [-0.15, -0.1) is 0 Å². The number of benzene rings is 4. The van der Waals surface area contributed by atoms with Gasteiger partial charge in [0.05, 0.1) is 29.1 Å². The molecule has 0 bridgehead atoms. The Morgan fingerprint density at radius 2 is 1.32 bits per heavy atom. The number of nitrogens with one attached hydrogen (secondary N) is 3. The van der Waals surface area contributed by atoms with E-state index in [4.69, 9.17) is 9.16 Å². The Balaban J connectivity index is 1.42. The minimum atomic E-state index is -3.75. The van der Waals surface area contributed by atoms with E-state index in [0.29, 0.717) is 23.2 Å². The fourth-order valence-corrected chi connectivity index (χ4v) is 9.20. The molecule has 0 radical (unpaired) electrons. The Kier molecular flexibility index (Phi) is 17.9. The molecule has 0 aliphatic heterocycles. The van der Waals surface area contributed by atoms with Gasteiger partial charge in [-0.2, -0.15) is 0 Å². The Morgan fingerprint density at radius 3 is 1.90 bits per heavy atom. The zero-order chi connectivity index (χ0) is 46.5. The first-order valence-electron chi connectivity index (χ1n) is 21.5. The second kappa shape index (κ2) is 22.3. The van der Waals surface area contributed by atoms with E-state index in [1.807, 2.05) is 36.4 Å². The van der Waals surface area contributed by atoms with Crippen LogP contribution in [0.1, 0.15) is 98.7 Å².